The van der Waals surface area contributed by atoms with E-state index >= 15 is 0 Å². The van der Waals surface area contributed by atoms with Gasteiger partial charge in [-0.25, -0.2) is 4.79 Å². The second-order valence-corrected chi connectivity index (χ2v) is 4.71. The molecular formula is C18H18O5. The van der Waals surface area contributed by atoms with Gasteiger partial charge in [0.2, 0.25) is 0 Å². The van der Waals surface area contributed by atoms with Crippen molar-refractivity contribution in [1.82, 2.24) is 0 Å². The van der Waals surface area contributed by atoms with E-state index < -0.39 is 5.97 Å². The van der Waals surface area contributed by atoms with Gasteiger partial charge in [-0.3, -0.25) is 0 Å². The zero-order valence-electron chi connectivity index (χ0n) is 13.2. The number of carboxylic acids is 1. The molecule has 0 saturated carbocycles. The Morgan fingerprint density at radius 1 is 0.913 bits per heavy atom. The Hall–Kier alpha value is -2.95. The summed E-state index contributed by atoms with van der Waals surface area (Å²) in [7, 11) is 4.65. The summed E-state index contributed by atoms with van der Waals surface area (Å²) in [5.74, 6) is 0.793. The fourth-order valence-corrected chi connectivity index (χ4v) is 2.15. The van der Waals surface area contributed by atoms with Crippen molar-refractivity contribution in [2.75, 3.05) is 21.3 Å². The quantitative estimate of drug-likeness (QED) is 0.654. The molecule has 2 aromatic rings. The lowest BCUT2D eigenvalue weighted by molar-refractivity contribution is -0.130. The van der Waals surface area contributed by atoms with Crippen molar-refractivity contribution in [3.05, 3.63) is 53.6 Å². The molecule has 0 aliphatic heterocycles. The average molecular weight is 314 g/mol. The number of methoxy groups -OCH3 is 3. The lowest BCUT2D eigenvalue weighted by atomic mass is 10.0. The van der Waals surface area contributed by atoms with Crippen molar-refractivity contribution in [2.24, 2.45) is 0 Å². The van der Waals surface area contributed by atoms with Crippen molar-refractivity contribution in [3.8, 4) is 17.2 Å². The van der Waals surface area contributed by atoms with Crippen LogP contribution in [0.2, 0.25) is 0 Å². The summed E-state index contributed by atoms with van der Waals surface area (Å²) in [4.78, 5) is 11.6. The number of benzene rings is 2. The van der Waals surface area contributed by atoms with Crippen molar-refractivity contribution >= 4 is 17.6 Å². The van der Waals surface area contributed by atoms with E-state index in [4.69, 9.17) is 14.2 Å². The zero-order chi connectivity index (χ0) is 16.8. The Morgan fingerprint density at radius 3 is 2.09 bits per heavy atom. The predicted molar refractivity (Wildman–Crippen MR) is 88.0 cm³/mol. The second kappa shape index (κ2) is 7.35. The van der Waals surface area contributed by atoms with E-state index in [1.165, 1.54) is 7.11 Å². The van der Waals surface area contributed by atoms with Crippen molar-refractivity contribution in [3.63, 3.8) is 0 Å². The SMILES string of the molecule is COc1ccc(/C(=C\c2ccc(OC)c(OC)c2)C(=O)O)cc1. The molecule has 0 aliphatic rings. The number of carbonyl (C=O) groups is 1. The molecule has 0 atom stereocenters. The van der Waals surface area contributed by atoms with Gasteiger partial charge in [-0.1, -0.05) is 18.2 Å². The van der Waals surface area contributed by atoms with Gasteiger partial charge in [0.1, 0.15) is 5.75 Å². The molecule has 0 aliphatic carbocycles. The third-order valence-electron chi connectivity index (χ3n) is 3.35. The van der Waals surface area contributed by atoms with Gasteiger partial charge in [0, 0.05) is 0 Å². The average Bonchev–Trinajstić information content (AvgIpc) is 2.59. The van der Waals surface area contributed by atoms with Crippen molar-refractivity contribution < 1.29 is 24.1 Å². The highest BCUT2D eigenvalue weighted by Crippen LogP contribution is 2.29. The lowest BCUT2D eigenvalue weighted by Gasteiger charge is -2.09. The first-order valence-corrected chi connectivity index (χ1v) is 6.90. The molecule has 0 spiro atoms. The van der Waals surface area contributed by atoms with E-state index in [-0.39, 0.29) is 5.57 Å². The summed E-state index contributed by atoms with van der Waals surface area (Å²) < 4.78 is 15.5. The van der Waals surface area contributed by atoms with Crippen LogP contribution in [0.5, 0.6) is 17.2 Å². The number of carboxylic acid groups (broad SMARTS) is 1. The minimum absolute atomic E-state index is 0.180. The number of hydrogen-bond donors (Lipinski definition) is 1. The molecule has 23 heavy (non-hydrogen) atoms. The maximum atomic E-state index is 11.6. The number of hydrogen-bond acceptors (Lipinski definition) is 4. The predicted octanol–water partition coefficient (Wildman–Crippen LogP) is 3.34. The molecule has 0 fully saturated rings. The molecule has 2 rings (SSSR count). The smallest absolute Gasteiger partial charge is 0.336 e. The highest BCUT2D eigenvalue weighted by Gasteiger charge is 2.12. The van der Waals surface area contributed by atoms with E-state index in [1.54, 1.807) is 62.8 Å². The molecule has 0 aromatic heterocycles. The van der Waals surface area contributed by atoms with Crippen molar-refractivity contribution in [1.29, 1.82) is 0 Å². The molecule has 0 radical (unpaired) electrons. The summed E-state index contributed by atoms with van der Waals surface area (Å²) >= 11 is 0. The van der Waals surface area contributed by atoms with Gasteiger partial charge >= 0.3 is 5.97 Å². The van der Waals surface area contributed by atoms with Crippen LogP contribution >= 0.6 is 0 Å². The van der Waals surface area contributed by atoms with Crippen LogP contribution in [0, 0.1) is 0 Å². The highest BCUT2D eigenvalue weighted by molar-refractivity contribution is 6.20. The lowest BCUT2D eigenvalue weighted by Crippen LogP contribution is -2.00. The molecule has 0 saturated heterocycles. The third kappa shape index (κ3) is 3.83. The van der Waals surface area contributed by atoms with E-state index in [9.17, 15) is 9.90 Å². The van der Waals surface area contributed by atoms with Crippen LogP contribution in [0.1, 0.15) is 11.1 Å². The van der Waals surface area contributed by atoms with Gasteiger partial charge in [0.15, 0.2) is 11.5 Å². The molecule has 0 heterocycles. The van der Waals surface area contributed by atoms with E-state index in [2.05, 4.69) is 0 Å². The maximum absolute atomic E-state index is 11.6. The van der Waals surface area contributed by atoms with Crippen LogP contribution in [0.25, 0.3) is 11.6 Å². The molecule has 0 amide bonds. The molecule has 2 aromatic carbocycles. The normalized spacial score (nSPS) is 11.0. The molecular weight excluding hydrogens is 296 g/mol. The Labute approximate surface area is 134 Å². The largest absolute Gasteiger partial charge is 0.497 e. The highest BCUT2D eigenvalue weighted by atomic mass is 16.5. The fourth-order valence-electron chi connectivity index (χ4n) is 2.15. The summed E-state index contributed by atoms with van der Waals surface area (Å²) in [6, 6.07) is 12.1. The van der Waals surface area contributed by atoms with Gasteiger partial charge in [-0.2, -0.15) is 0 Å². The number of rotatable bonds is 6. The van der Waals surface area contributed by atoms with Crippen LogP contribution in [0.15, 0.2) is 42.5 Å². The van der Waals surface area contributed by atoms with Crippen LogP contribution in [0.4, 0.5) is 0 Å². The Morgan fingerprint density at radius 2 is 1.57 bits per heavy atom. The standard InChI is InChI=1S/C18H18O5/c1-21-14-7-5-13(6-8-14)15(18(19)20)10-12-4-9-16(22-2)17(11-12)23-3/h4-11H,1-3H3,(H,19,20)/b15-10+. The molecule has 1 N–H and O–H groups in total. The molecule has 5 nitrogen and oxygen atoms in total. The Balaban J connectivity index is 2.44. The van der Waals surface area contributed by atoms with Gasteiger partial charge < -0.3 is 19.3 Å². The van der Waals surface area contributed by atoms with Crippen LogP contribution in [-0.2, 0) is 4.79 Å². The number of aliphatic carboxylic acids is 1. The summed E-state index contributed by atoms with van der Waals surface area (Å²) in [6.45, 7) is 0. The molecule has 120 valence electrons. The second-order valence-electron chi connectivity index (χ2n) is 4.71. The minimum atomic E-state index is -1.01. The monoisotopic (exact) mass is 314 g/mol. The first-order chi connectivity index (χ1) is 11.1. The molecule has 0 bridgehead atoms. The maximum Gasteiger partial charge on any atom is 0.336 e. The summed E-state index contributed by atoms with van der Waals surface area (Å²) in [5.41, 5.74) is 1.48. The van der Waals surface area contributed by atoms with E-state index in [0.717, 1.165) is 0 Å². The zero-order valence-corrected chi connectivity index (χ0v) is 13.2. The van der Waals surface area contributed by atoms with Crippen LogP contribution < -0.4 is 14.2 Å². The third-order valence-corrected chi connectivity index (χ3v) is 3.35. The topological polar surface area (TPSA) is 65.0 Å². The van der Waals surface area contributed by atoms with Gasteiger partial charge in [-0.05, 0) is 41.5 Å². The van der Waals surface area contributed by atoms with Crippen LogP contribution in [0.3, 0.4) is 0 Å². The van der Waals surface area contributed by atoms with Crippen LogP contribution in [-0.4, -0.2) is 32.4 Å². The first-order valence-electron chi connectivity index (χ1n) is 6.90. The Kier molecular flexibility index (Phi) is 5.25. The fraction of sp³-hybridized carbons (Fsp3) is 0.167. The Bertz CT molecular complexity index is 717. The van der Waals surface area contributed by atoms with Crippen molar-refractivity contribution in [2.45, 2.75) is 0 Å². The summed E-state index contributed by atoms with van der Waals surface area (Å²) in [6.07, 6.45) is 1.59. The van der Waals surface area contributed by atoms with Gasteiger partial charge in [0.25, 0.3) is 0 Å². The summed E-state index contributed by atoms with van der Waals surface area (Å²) in [5, 5.41) is 9.49. The number of ether oxygens (including phenoxy) is 3. The minimum Gasteiger partial charge on any atom is -0.497 e. The molecule has 5 heteroatoms. The van der Waals surface area contributed by atoms with E-state index in [1.807, 2.05) is 0 Å². The van der Waals surface area contributed by atoms with E-state index in [0.29, 0.717) is 28.4 Å². The first kappa shape index (κ1) is 16.4. The van der Waals surface area contributed by atoms with Gasteiger partial charge in [-0.15, -0.1) is 0 Å². The molecule has 0 unspecified atom stereocenters. The van der Waals surface area contributed by atoms with Gasteiger partial charge in [0.05, 0.1) is 26.9 Å².